The van der Waals surface area contributed by atoms with Crippen LogP contribution in [-0.2, 0) is 12.8 Å². The van der Waals surface area contributed by atoms with Crippen LogP contribution in [0.4, 0.5) is 0 Å². The highest BCUT2D eigenvalue weighted by Crippen LogP contribution is 2.29. The van der Waals surface area contributed by atoms with Crippen LogP contribution in [0.5, 0.6) is 0 Å². The van der Waals surface area contributed by atoms with Crippen LogP contribution < -0.4 is 11.1 Å². The Labute approximate surface area is 143 Å². The maximum Gasteiger partial charge on any atom is 0.272 e. The van der Waals surface area contributed by atoms with Crippen molar-refractivity contribution in [3.05, 3.63) is 46.3 Å². The highest BCUT2D eigenvalue weighted by molar-refractivity contribution is 5.94. The van der Waals surface area contributed by atoms with Gasteiger partial charge in [-0.05, 0) is 58.6 Å². The molecule has 5 heteroatoms. The first kappa shape index (κ1) is 16.7. The Morgan fingerprint density at radius 1 is 1.33 bits per heavy atom. The van der Waals surface area contributed by atoms with Gasteiger partial charge >= 0.3 is 0 Å². The van der Waals surface area contributed by atoms with Crippen LogP contribution in [-0.4, -0.2) is 27.8 Å². The molecule has 1 aliphatic rings. The molecule has 1 aliphatic carbocycles. The van der Waals surface area contributed by atoms with Gasteiger partial charge in [0.05, 0.1) is 5.69 Å². The zero-order valence-electron chi connectivity index (χ0n) is 14.9. The molecule has 0 bridgehead atoms. The normalized spacial score (nSPS) is 13.9. The number of carbonyl (C=O) groups excluding carboxylic acids is 1. The number of amides is 1. The Kier molecular flexibility index (Phi) is 4.22. The Hall–Kier alpha value is -2.14. The lowest BCUT2D eigenvalue weighted by molar-refractivity contribution is 0.0939. The first-order valence-electron chi connectivity index (χ1n) is 8.52. The molecule has 128 valence electrons. The zero-order chi connectivity index (χ0) is 17.5. The number of hydrogen-bond acceptors (Lipinski definition) is 3. The molecule has 0 fully saturated rings. The number of aryl methyl sites for hydroxylation is 2. The highest BCUT2D eigenvalue weighted by Gasteiger charge is 2.27. The van der Waals surface area contributed by atoms with Gasteiger partial charge in [0, 0.05) is 23.3 Å². The average Bonchev–Trinajstić information content (AvgIpc) is 3.06. The monoisotopic (exact) mass is 326 g/mol. The minimum Gasteiger partial charge on any atom is -0.349 e. The fourth-order valence-corrected chi connectivity index (χ4v) is 3.25. The van der Waals surface area contributed by atoms with Gasteiger partial charge in [0.15, 0.2) is 5.69 Å². The van der Waals surface area contributed by atoms with Crippen molar-refractivity contribution < 1.29 is 4.79 Å². The molecule has 3 N–H and O–H groups in total. The number of carbonyl (C=O) groups is 1. The summed E-state index contributed by atoms with van der Waals surface area (Å²) in [4.78, 5) is 12.6. The largest absolute Gasteiger partial charge is 0.349 e. The number of aromatic nitrogens is 2. The third kappa shape index (κ3) is 3.22. The summed E-state index contributed by atoms with van der Waals surface area (Å²) in [5.74, 6) is -0.129. The van der Waals surface area contributed by atoms with Crippen LogP contribution in [0.3, 0.4) is 0 Å². The minimum atomic E-state index is -0.436. The lowest BCUT2D eigenvalue weighted by atomic mass is 10.1. The van der Waals surface area contributed by atoms with Crippen LogP contribution in [0.1, 0.15) is 53.1 Å². The number of benzene rings is 1. The van der Waals surface area contributed by atoms with Crippen LogP contribution in [0.25, 0.3) is 5.69 Å². The van der Waals surface area contributed by atoms with Crippen molar-refractivity contribution >= 4 is 5.91 Å². The molecule has 0 radical (unpaired) electrons. The fraction of sp³-hybridized carbons (Fsp3) is 0.474. The van der Waals surface area contributed by atoms with Crippen LogP contribution in [0.15, 0.2) is 18.2 Å². The highest BCUT2D eigenvalue weighted by atomic mass is 16.2. The minimum absolute atomic E-state index is 0.129. The SMILES string of the molecule is Cc1ccc(-n2nc(C(=O)NCC(C)(C)N)c3c2CCC3)c(C)c1. The Morgan fingerprint density at radius 2 is 2.08 bits per heavy atom. The molecule has 1 aromatic heterocycles. The first-order chi connectivity index (χ1) is 11.3. The van der Waals surface area contributed by atoms with E-state index in [9.17, 15) is 4.79 Å². The molecule has 1 aromatic carbocycles. The molecule has 0 atom stereocenters. The second-order valence-corrected chi connectivity index (χ2v) is 7.50. The molecule has 0 spiro atoms. The van der Waals surface area contributed by atoms with E-state index in [0.29, 0.717) is 12.2 Å². The van der Waals surface area contributed by atoms with Gasteiger partial charge in [-0.2, -0.15) is 5.10 Å². The van der Waals surface area contributed by atoms with E-state index in [1.54, 1.807) is 0 Å². The lowest BCUT2D eigenvalue weighted by Gasteiger charge is -2.18. The lowest BCUT2D eigenvalue weighted by Crippen LogP contribution is -2.45. The molecular weight excluding hydrogens is 300 g/mol. The summed E-state index contributed by atoms with van der Waals surface area (Å²) < 4.78 is 1.96. The molecule has 5 nitrogen and oxygen atoms in total. The van der Waals surface area contributed by atoms with Crippen LogP contribution in [0.2, 0.25) is 0 Å². The topological polar surface area (TPSA) is 72.9 Å². The van der Waals surface area contributed by atoms with Crippen molar-refractivity contribution in [2.75, 3.05) is 6.54 Å². The number of fused-ring (bicyclic) bond motifs is 1. The van der Waals surface area contributed by atoms with Gasteiger partial charge in [-0.1, -0.05) is 17.7 Å². The number of hydrogen-bond donors (Lipinski definition) is 2. The Balaban J connectivity index is 1.97. The quantitative estimate of drug-likeness (QED) is 0.906. The molecular formula is C19H26N4O. The third-order valence-electron chi connectivity index (χ3n) is 4.43. The maximum atomic E-state index is 12.6. The Morgan fingerprint density at radius 3 is 2.75 bits per heavy atom. The number of rotatable bonds is 4. The molecule has 0 saturated heterocycles. The van der Waals surface area contributed by atoms with Gasteiger partial charge in [0.1, 0.15) is 0 Å². The zero-order valence-corrected chi connectivity index (χ0v) is 14.9. The number of nitrogens with one attached hydrogen (secondary N) is 1. The number of nitrogens with two attached hydrogens (primary N) is 1. The Bertz CT molecular complexity index is 783. The van der Waals surface area contributed by atoms with Crippen molar-refractivity contribution in [2.45, 2.75) is 52.5 Å². The van der Waals surface area contributed by atoms with Gasteiger partial charge < -0.3 is 11.1 Å². The first-order valence-corrected chi connectivity index (χ1v) is 8.52. The molecule has 0 aliphatic heterocycles. The van der Waals surface area contributed by atoms with E-state index in [0.717, 1.165) is 30.5 Å². The second-order valence-electron chi connectivity index (χ2n) is 7.50. The molecule has 1 amide bonds. The fourth-order valence-electron chi connectivity index (χ4n) is 3.25. The van der Waals surface area contributed by atoms with Gasteiger partial charge in [-0.25, -0.2) is 4.68 Å². The number of nitrogens with zero attached hydrogens (tertiary/aromatic N) is 2. The molecule has 1 heterocycles. The van der Waals surface area contributed by atoms with E-state index in [1.165, 1.54) is 16.8 Å². The standard InChI is InChI=1S/C19H26N4O/c1-12-8-9-15(13(2)10-12)23-16-7-5-6-14(16)17(22-23)18(24)21-11-19(3,4)20/h8-10H,5-7,11,20H2,1-4H3,(H,21,24). The summed E-state index contributed by atoms with van der Waals surface area (Å²) in [6, 6.07) is 6.32. The van der Waals surface area contributed by atoms with Gasteiger partial charge in [-0.15, -0.1) is 0 Å². The van der Waals surface area contributed by atoms with E-state index in [2.05, 4.69) is 42.5 Å². The van der Waals surface area contributed by atoms with E-state index in [1.807, 2.05) is 18.5 Å². The van der Waals surface area contributed by atoms with Crippen molar-refractivity contribution in [3.8, 4) is 5.69 Å². The summed E-state index contributed by atoms with van der Waals surface area (Å²) in [5, 5.41) is 7.57. The van der Waals surface area contributed by atoms with E-state index in [4.69, 9.17) is 5.73 Å². The summed E-state index contributed by atoms with van der Waals surface area (Å²) in [5.41, 5.74) is 11.8. The molecule has 0 unspecified atom stereocenters. The van der Waals surface area contributed by atoms with Crippen molar-refractivity contribution in [3.63, 3.8) is 0 Å². The van der Waals surface area contributed by atoms with Gasteiger partial charge in [0.2, 0.25) is 0 Å². The summed E-state index contributed by atoms with van der Waals surface area (Å²) in [6.45, 7) is 8.38. The summed E-state index contributed by atoms with van der Waals surface area (Å²) in [6.07, 6.45) is 2.95. The van der Waals surface area contributed by atoms with Crippen LogP contribution >= 0.6 is 0 Å². The van der Waals surface area contributed by atoms with Crippen molar-refractivity contribution in [1.82, 2.24) is 15.1 Å². The molecule has 3 rings (SSSR count). The molecule has 2 aromatic rings. The average molecular weight is 326 g/mol. The van der Waals surface area contributed by atoms with Crippen molar-refractivity contribution in [1.29, 1.82) is 0 Å². The summed E-state index contributed by atoms with van der Waals surface area (Å²) >= 11 is 0. The predicted molar refractivity (Wildman–Crippen MR) is 95.7 cm³/mol. The molecule has 0 saturated carbocycles. The van der Waals surface area contributed by atoms with Gasteiger partial charge in [0.25, 0.3) is 5.91 Å². The van der Waals surface area contributed by atoms with E-state index in [-0.39, 0.29) is 5.91 Å². The third-order valence-corrected chi connectivity index (χ3v) is 4.43. The smallest absolute Gasteiger partial charge is 0.272 e. The van der Waals surface area contributed by atoms with Crippen molar-refractivity contribution in [2.24, 2.45) is 5.73 Å². The van der Waals surface area contributed by atoms with E-state index >= 15 is 0 Å². The maximum absolute atomic E-state index is 12.6. The van der Waals surface area contributed by atoms with E-state index < -0.39 is 5.54 Å². The summed E-state index contributed by atoms with van der Waals surface area (Å²) in [7, 11) is 0. The van der Waals surface area contributed by atoms with Gasteiger partial charge in [-0.3, -0.25) is 4.79 Å². The molecule has 24 heavy (non-hydrogen) atoms. The second kappa shape index (κ2) is 6.06. The predicted octanol–water partition coefficient (Wildman–Crippen LogP) is 2.44. The van der Waals surface area contributed by atoms with Crippen LogP contribution in [0, 0.1) is 13.8 Å².